The molecule has 1 aromatic carbocycles. The smallest absolute Gasteiger partial charge is 0.271 e. The highest BCUT2D eigenvalue weighted by atomic mass is 19.1. The number of H-pyrrole nitrogens is 1. The van der Waals surface area contributed by atoms with E-state index in [9.17, 15) is 13.6 Å². The summed E-state index contributed by atoms with van der Waals surface area (Å²) in [6, 6.07) is 7.60. The van der Waals surface area contributed by atoms with Gasteiger partial charge in [0.05, 0.1) is 18.6 Å². The van der Waals surface area contributed by atoms with E-state index in [-0.39, 0.29) is 11.2 Å². The van der Waals surface area contributed by atoms with Gasteiger partial charge in [-0.3, -0.25) is 14.3 Å². The molecule has 29 heavy (non-hydrogen) atoms. The van der Waals surface area contributed by atoms with Gasteiger partial charge in [0.25, 0.3) is 5.56 Å². The topological polar surface area (TPSA) is 66.8 Å². The highest BCUT2D eigenvalue weighted by Gasteiger charge is 2.19. The number of aryl methyl sites for hydroxylation is 1. The molecule has 8 heteroatoms. The fraction of sp³-hybridized carbons (Fsp3) is 0.381. The molecule has 6 nitrogen and oxygen atoms in total. The van der Waals surface area contributed by atoms with Crippen LogP contribution in [0.5, 0.6) is 0 Å². The van der Waals surface area contributed by atoms with Gasteiger partial charge in [-0.15, -0.1) is 0 Å². The molecule has 0 atom stereocenters. The van der Waals surface area contributed by atoms with Crippen molar-refractivity contribution < 1.29 is 8.78 Å². The molecule has 0 radical (unpaired) electrons. The predicted octanol–water partition coefficient (Wildman–Crippen LogP) is 3.89. The number of nitrogens with one attached hydrogen (secondary N) is 1. The fourth-order valence-corrected chi connectivity index (χ4v) is 3.43. The summed E-state index contributed by atoms with van der Waals surface area (Å²) in [5.41, 5.74) is 1.94. The van der Waals surface area contributed by atoms with E-state index in [4.69, 9.17) is 0 Å². The Morgan fingerprint density at radius 2 is 1.86 bits per heavy atom. The molecule has 1 aliphatic heterocycles. The van der Waals surface area contributed by atoms with Gasteiger partial charge in [-0.1, -0.05) is 19.1 Å². The number of nitrogens with zero attached hydrogens (tertiary/aromatic N) is 4. The molecule has 0 spiro atoms. The molecule has 154 valence electrons. The lowest BCUT2D eigenvalue weighted by Gasteiger charge is -2.30. The Morgan fingerprint density at radius 1 is 1.17 bits per heavy atom. The quantitative estimate of drug-likeness (QED) is 0.723. The number of piperidine rings is 1. The second-order valence-corrected chi connectivity index (χ2v) is 7.13. The van der Waals surface area contributed by atoms with Crippen molar-refractivity contribution in [1.82, 2.24) is 19.7 Å². The summed E-state index contributed by atoms with van der Waals surface area (Å²) < 4.78 is 24.7. The average Bonchev–Trinajstić information content (AvgIpc) is 3.11. The first-order valence-electron chi connectivity index (χ1n) is 9.56. The number of aromatic nitrogens is 4. The van der Waals surface area contributed by atoms with Crippen molar-refractivity contribution in [2.45, 2.75) is 26.7 Å². The van der Waals surface area contributed by atoms with E-state index in [0.29, 0.717) is 12.9 Å². The number of hydrogen-bond donors (Lipinski definition) is 1. The lowest BCUT2D eigenvalue weighted by atomic mass is 10.00. The Hall–Kier alpha value is -3.03. The number of benzene rings is 1. The number of aromatic amines is 1. The van der Waals surface area contributed by atoms with Crippen LogP contribution in [0, 0.1) is 18.7 Å². The van der Waals surface area contributed by atoms with Gasteiger partial charge >= 0.3 is 0 Å². The number of hydrogen-bond acceptors (Lipinski definition) is 4. The minimum atomic E-state index is -0.462. The van der Waals surface area contributed by atoms with Crippen LogP contribution in [0.1, 0.15) is 25.5 Å². The number of rotatable bonds is 3. The van der Waals surface area contributed by atoms with Crippen LogP contribution in [-0.4, -0.2) is 40.0 Å². The first kappa shape index (κ1) is 20.7. The lowest BCUT2D eigenvalue weighted by Crippen LogP contribution is -2.34. The molecule has 1 N–H and O–H groups in total. The number of anilines is 1. The summed E-state index contributed by atoms with van der Waals surface area (Å²) >= 11 is 0. The summed E-state index contributed by atoms with van der Waals surface area (Å²) in [7, 11) is 0.500. The lowest BCUT2D eigenvalue weighted by molar-refractivity contribution is 0.434. The molecule has 0 amide bonds. The van der Waals surface area contributed by atoms with Gasteiger partial charge in [-0.2, -0.15) is 0 Å². The molecule has 1 fully saturated rings. The molecule has 0 aliphatic carbocycles. The molecule has 4 rings (SSSR count). The third-order valence-electron chi connectivity index (χ3n) is 5.14. The fourth-order valence-electron chi connectivity index (χ4n) is 3.43. The summed E-state index contributed by atoms with van der Waals surface area (Å²) in [6.07, 6.45) is 4.01. The monoisotopic (exact) mass is 401 g/mol. The SMILES string of the molecule is CF.Cc1nc(N2CCC(C)CC2)ncc1-c1cc(=O)n(-c2ccccc2F)[nH]1. The van der Waals surface area contributed by atoms with E-state index in [1.807, 2.05) is 6.92 Å². The van der Waals surface area contributed by atoms with Crippen molar-refractivity contribution >= 4 is 5.95 Å². The van der Waals surface area contributed by atoms with Gasteiger partial charge in [-0.05, 0) is 37.8 Å². The van der Waals surface area contributed by atoms with E-state index in [0.717, 1.165) is 49.1 Å². The zero-order valence-corrected chi connectivity index (χ0v) is 16.8. The van der Waals surface area contributed by atoms with Crippen LogP contribution in [0.2, 0.25) is 0 Å². The second-order valence-electron chi connectivity index (χ2n) is 7.13. The van der Waals surface area contributed by atoms with Gasteiger partial charge in [0.15, 0.2) is 0 Å². The van der Waals surface area contributed by atoms with E-state index < -0.39 is 5.82 Å². The van der Waals surface area contributed by atoms with Crippen LogP contribution in [0.15, 0.2) is 41.3 Å². The van der Waals surface area contributed by atoms with Crippen molar-refractivity contribution in [3.63, 3.8) is 0 Å². The molecule has 0 bridgehead atoms. The van der Waals surface area contributed by atoms with Gasteiger partial charge in [0.2, 0.25) is 5.95 Å². The summed E-state index contributed by atoms with van der Waals surface area (Å²) in [6.45, 7) is 6.08. The zero-order valence-electron chi connectivity index (χ0n) is 16.8. The van der Waals surface area contributed by atoms with Crippen LogP contribution in [0.4, 0.5) is 14.7 Å². The molecule has 0 unspecified atom stereocenters. The second kappa shape index (κ2) is 8.98. The Morgan fingerprint density at radius 3 is 2.52 bits per heavy atom. The molecule has 1 saturated heterocycles. The first-order valence-corrected chi connectivity index (χ1v) is 9.56. The van der Waals surface area contributed by atoms with Gasteiger partial charge in [-0.25, -0.2) is 19.0 Å². The van der Waals surface area contributed by atoms with Crippen LogP contribution in [-0.2, 0) is 0 Å². The van der Waals surface area contributed by atoms with Crippen molar-refractivity contribution in [1.29, 1.82) is 0 Å². The van der Waals surface area contributed by atoms with Crippen LogP contribution < -0.4 is 10.5 Å². The van der Waals surface area contributed by atoms with E-state index in [1.54, 1.807) is 24.4 Å². The maximum absolute atomic E-state index is 14.0. The van der Waals surface area contributed by atoms with Gasteiger partial charge < -0.3 is 4.90 Å². The molecule has 2 aromatic heterocycles. The maximum Gasteiger partial charge on any atom is 0.271 e. The minimum absolute atomic E-state index is 0.186. The maximum atomic E-state index is 14.0. The van der Waals surface area contributed by atoms with Crippen molar-refractivity contribution in [2.24, 2.45) is 5.92 Å². The van der Waals surface area contributed by atoms with Crippen LogP contribution in [0.25, 0.3) is 16.9 Å². The first-order chi connectivity index (χ1) is 14.0. The Bertz CT molecular complexity index is 1020. The van der Waals surface area contributed by atoms with Gasteiger partial charge in [0.1, 0.15) is 11.5 Å². The Balaban J connectivity index is 0.00000117. The summed E-state index contributed by atoms with van der Waals surface area (Å²) in [5.74, 6) is 1.000. The third-order valence-corrected chi connectivity index (χ3v) is 5.14. The van der Waals surface area contributed by atoms with E-state index >= 15 is 0 Å². The summed E-state index contributed by atoms with van der Waals surface area (Å²) in [5, 5.41) is 2.97. The highest BCUT2D eigenvalue weighted by Crippen LogP contribution is 2.24. The summed E-state index contributed by atoms with van der Waals surface area (Å²) in [4.78, 5) is 23.7. The molecule has 3 heterocycles. The average molecular weight is 401 g/mol. The van der Waals surface area contributed by atoms with Crippen LogP contribution in [0.3, 0.4) is 0 Å². The highest BCUT2D eigenvalue weighted by molar-refractivity contribution is 5.61. The predicted molar refractivity (Wildman–Crippen MR) is 110 cm³/mol. The minimum Gasteiger partial charge on any atom is -0.341 e. The molecule has 1 aliphatic rings. The number of alkyl halides is 1. The number of para-hydroxylation sites is 1. The van der Waals surface area contributed by atoms with Crippen molar-refractivity contribution in [3.05, 3.63) is 58.4 Å². The largest absolute Gasteiger partial charge is 0.341 e. The Labute approximate surface area is 168 Å². The molecule has 0 saturated carbocycles. The number of halogens is 2. The third kappa shape index (κ3) is 4.36. The van der Waals surface area contributed by atoms with E-state index in [1.165, 1.54) is 16.8 Å². The van der Waals surface area contributed by atoms with Crippen molar-refractivity contribution in [2.75, 3.05) is 25.2 Å². The van der Waals surface area contributed by atoms with E-state index in [2.05, 4.69) is 26.9 Å². The molecular formula is C21H25F2N5O. The van der Waals surface area contributed by atoms with Crippen LogP contribution >= 0.6 is 0 Å². The Kier molecular flexibility index (Phi) is 6.41. The zero-order chi connectivity index (χ0) is 21.0. The van der Waals surface area contributed by atoms with Crippen molar-refractivity contribution in [3.8, 4) is 16.9 Å². The molecule has 3 aromatic rings. The normalized spacial score (nSPS) is 14.4. The standard InChI is InChI=1S/C20H22FN5O.CH3F/c1-13-7-9-25(10-8-13)20-22-12-15(14(2)23-20)17-11-19(27)26(24-17)18-6-4-3-5-16(18)21;1-2/h3-6,11-13,24H,7-10H2,1-2H3;1H3. The molecular weight excluding hydrogens is 376 g/mol. The van der Waals surface area contributed by atoms with Gasteiger partial charge in [0, 0.05) is 30.9 Å².